The average molecular weight is 326 g/mol. The number of nitro benzene ring substituents is 1. The number of aromatic carboxylic acids is 1. The van der Waals surface area contributed by atoms with Gasteiger partial charge in [-0.3, -0.25) is 20.0 Å². The number of anilines is 1. The highest BCUT2D eigenvalue weighted by atomic mass is 16.6. The third kappa shape index (κ3) is 2.77. The van der Waals surface area contributed by atoms with Crippen molar-refractivity contribution in [1.82, 2.24) is 10.2 Å². The van der Waals surface area contributed by atoms with Gasteiger partial charge in [-0.15, -0.1) is 0 Å². The number of benzene rings is 2. The molecule has 24 heavy (non-hydrogen) atoms. The van der Waals surface area contributed by atoms with Crippen LogP contribution in [0.3, 0.4) is 0 Å². The van der Waals surface area contributed by atoms with Crippen molar-refractivity contribution in [2.75, 3.05) is 5.32 Å². The van der Waals surface area contributed by atoms with Crippen molar-refractivity contribution in [2.24, 2.45) is 0 Å². The summed E-state index contributed by atoms with van der Waals surface area (Å²) in [5, 5.41) is 29.6. The van der Waals surface area contributed by atoms with Crippen LogP contribution in [0, 0.1) is 10.1 Å². The number of carbonyl (C=O) groups is 2. The quantitative estimate of drug-likeness (QED) is 0.497. The van der Waals surface area contributed by atoms with Crippen LogP contribution >= 0.6 is 0 Å². The SMILES string of the molecule is O=C(O)c1cc(NC(=O)c2n[nH]c3ccccc23)cc([N+](=O)[O-])c1. The molecule has 0 unspecified atom stereocenters. The summed E-state index contributed by atoms with van der Waals surface area (Å²) in [4.78, 5) is 33.6. The number of fused-ring (bicyclic) bond motifs is 1. The molecule has 0 aliphatic carbocycles. The Labute approximate surface area is 134 Å². The summed E-state index contributed by atoms with van der Waals surface area (Å²) in [7, 11) is 0. The van der Waals surface area contributed by atoms with Crippen molar-refractivity contribution in [3.8, 4) is 0 Å². The number of nitrogens with one attached hydrogen (secondary N) is 2. The zero-order valence-electron chi connectivity index (χ0n) is 12.0. The van der Waals surface area contributed by atoms with Gasteiger partial charge in [-0.2, -0.15) is 5.10 Å². The summed E-state index contributed by atoms with van der Waals surface area (Å²) in [5.41, 5.74) is 0.0315. The van der Waals surface area contributed by atoms with E-state index in [0.29, 0.717) is 10.9 Å². The molecule has 0 fully saturated rings. The van der Waals surface area contributed by atoms with Gasteiger partial charge < -0.3 is 10.4 Å². The molecule has 0 saturated carbocycles. The molecule has 0 aliphatic heterocycles. The number of aromatic nitrogens is 2. The lowest BCUT2D eigenvalue weighted by Gasteiger charge is -2.05. The van der Waals surface area contributed by atoms with Gasteiger partial charge in [0.1, 0.15) is 0 Å². The van der Waals surface area contributed by atoms with E-state index >= 15 is 0 Å². The number of carboxylic acids is 1. The Kier molecular flexibility index (Phi) is 3.66. The monoisotopic (exact) mass is 326 g/mol. The van der Waals surface area contributed by atoms with Crippen LogP contribution in [-0.4, -0.2) is 32.1 Å². The number of amides is 1. The molecule has 0 spiro atoms. The molecule has 2 aromatic carbocycles. The molecule has 0 bridgehead atoms. The van der Waals surface area contributed by atoms with E-state index in [0.717, 1.165) is 18.2 Å². The molecule has 3 rings (SSSR count). The van der Waals surface area contributed by atoms with E-state index in [4.69, 9.17) is 5.11 Å². The van der Waals surface area contributed by atoms with Crippen LogP contribution in [0.15, 0.2) is 42.5 Å². The third-order valence-corrected chi connectivity index (χ3v) is 3.32. The summed E-state index contributed by atoms with van der Waals surface area (Å²) in [6.45, 7) is 0. The van der Waals surface area contributed by atoms with E-state index in [1.807, 2.05) is 0 Å². The molecule has 3 aromatic rings. The van der Waals surface area contributed by atoms with Gasteiger partial charge in [0.25, 0.3) is 11.6 Å². The number of carboxylic acid groups (broad SMARTS) is 1. The first-order valence-corrected chi connectivity index (χ1v) is 6.73. The number of H-pyrrole nitrogens is 1. The molecule has 9 nitrogen and oxygen atoms in total. The number of nitro groups is 1. The van der Waals surface area contributed by atoms with Gasteiger partial charge in [-0.25, -0.2) is 4.79 Å². The summed E-state index contributed by atoms with van der Waals surface area (Å²) in [6, 6.07) is 10.1. The molecule has 1 heterocycles. The van der Waals surface area contributed by atoms with Gasteiger partial charge in [-0.05, 0) is 12.1 Å². The predicted octanol–water partition coefficient (Wildman–Crippen LogP) is 2.42. The summed E-state index contributed by atoms with van der Waals surface area (Å²) >= 11 is 0. The first-order chi connectivity index (χ1) is 11.5. The molecular formula is C15H10N4O5. The zero-order valence-corrected chi connectivity index (χ0v) is 12.0. The Bertz CT molecular complexity index is 947. The lowest BCUT2D eigenvalue weighted by Crippen LogP contribution is -2.13. The number of non-ortho nitro benzene ring substituents is 1. The number of rotatable bonds is 4. The summed E-state index contributed by atoms with van der Waals surface area (Å²) < 4.78 is 0. The highest BCUT2D eigenvalue weighted by molar-refractivity contribution is 6.11. The highest BCUT2D eigenvalue weighted by Gasteiger charge is 2.18. The fraction of sp³-hybridized carbons (Fsp3) is 0. The average Bonchev–Trinajstić information content (AvgIpc) is 2.98. The van der Waals surface area contributed by atoms with Crippen molar-refractivity contribution >= 4 is 34.2 Å². The van der Waals surface area contributed by atoms with Crippen LogP contribution in [-0.2, 0) is 0 Å². The van der Waals surface area contributed by atoms with Gasteiger partial charge in [-0.1, -0.05) is 18.2 Å². The van der Waals surface area contributed by atoms with E-state index in [1.165, 1.54) is 0 Å². The number of aromatic amines is 1. The third-order valence-electron chi connectivity index (χ3n) is 3.32. The van der Waals surface area contributed by atoms with Crippen molar-refractivity contribution in [3.63, 3.8) is 0 Å². The molecule has 3 N–H and O–H groups in total. The van der Waals surface area contributed by atoms with Crippen LogP contribution in [0.4, 0.5) is 11.4 Å². The second-order valence-corrected chi connectivity index (χ2v) is 4.90. The van der Waals surface area contributed by atoms with Crippen LogP contribution in [0.2, 0.25) is 0 Å². The number of hydrogen-bond acceptors (Lipinski definition) is 5. The van der Waals surface area contributed by atoms with Crippen molar-refractivity contribution in [2.45, 2.75) is 0 Å². The first-order valence-electron chi connectivity index (χ1n) is 6.73. The van der Waals surface area contributed by atoms with Crippen LogP contribution < -0.4 is 5.32 Å². The molecule has 0 radical (unpaired) electrons. The Hall–Kier alpha value is -3.75. The van der Waals surface area contributed by atoms with E-state index in [2.05, 4.69) is 15.5 Å². The Morgan fingerprint density at radius 2 is 1.96 bits per heavy atom. The maximum Gasteiger partial charge on any atom is 0.336 e. The topological polar surface area (TPSA) is 138 Å². The Morgan fingerprint density at radius 1 is 1.21 bits per heavy atom. The van der Waals surface area contributed by atoms with E-state index in [-0.39, 0.29) is 16.9 Å². The molecule has 0 aliphatic rings. The molecular weight excluding hydrogens is 316 g/mol. The molecule has 9 heteroatoms. The number of carbonyl (C=O) groups excluding carboxylic acids is 1. The standard InChI is InChI=1S/C15H10N4O5/c20-14(13-11-3-1-2-4-12(11)17-18-13)16-9-5-8(15(21)22)6-10(7-9)19(23)24/h1-7H,(H,16,20)(H,17,18)(H,21,22). The van der Waals surface area contributed by atoms with Crippen molar-refractivity contribution in [3.05, 3.63) is 63.8 Å². The zero-order chi connectivity index (χ0) is 17.3. The van der Waals surface area contributed by atoms with Crippen molar-refractivity contribution < 1.29 is 19.6 Å². The van der Waals surface area contributed by atoms with Gasteiger partial charge in [0.15, 0.2) is 5.69 Å². The normalized spacial score (nSPS) is 10.5. The highest BCUT2D eigenvalue weighted by Crippen LogP contribution is 2.22. The fourth-order valence-corrected chi connectivity index (χ4v) is 2.24. The maximum absolute atomic E-state index is 12.3. The number of para-hydroxylation sites is 1. The van der Waals surface area contributed by atoms with Gasteiger partial charge in [0, 0.05) is 23.2 Å². The lowest BCUT2D eigenvalue weighted by molar-refractivity contribution is -0.384. The van der Waals surface area contributed by atoms with Crippen LogP contribution in [0.5, 0.6) is 0 Å². The van der Waals surface area contributed by atoms with Gasteiger partial charge in [0.05, 0.1) is 16.0 Å². The number of hydrogen-bond donors (Lipinski definition) is 3. The minimum Gasteiger partial charge on any atom is -0.478 e. The second kappa shape index (κ2) is 5.80. The number of nitrogens with zero attached hydrogens (tertiary/aromatic N) is 2. The second-order valence-electron chi connectivity index (χ2n) is 4.90. The smallest absolute Gasteiger partial charge is 0.336 e. The van der Waals surface area contributed by atoms with E-state index < -0.39 is 22.5 Å². The van der Waals surface area contributed by atoms with E-state index in [9.17, 15) is 19.7 Å². The van der Waals surface area contributed by atoms with Crippen molar-refractivity contribution in [1.29, 1.82) is 0 Å². The lowest BCUT2D eigenvalue weighted by atomic mass is 10.1. The molecule has 0 saturated heterocycles. The largest absolute Gasteiger partial charge is 0.478 e. The fourth-order valence-electron chi connectivity index (χ4n) is 2.24. The molecule has 120 valence electrons. The Morgan fingerprint density at radius 3 is 2.67 bits per heavy atom. The van der Waals surface area contributed by atoms with Gasteiger partial charge >= 0.3 is 5.97 Å². The maximum atomic E-state index is 12.3. The summed E-state index contributed by atoms with van der Waals surface area (Å²) in [6.07, 6.45) is 0. The molecule has 1 aromatic heterocycles. The minimum atomic E-state index is -1.33. The minimum absolute atomic E-state index is 0.00122. The summed E-state index contributed by atoms with van der Waals surface area (Å²) in [5.74, 6) is -1.94. The first kappa shape index (κ1) is 15.2. The van der Waals surface area contributed by atoms with Crippen LogP contribution in [0.1, 0.15) is 20.8 Å². The van der Waals surface area contributed by atoms with Crippen LogP contribution in [0.25, 0.3) is 10.9 Å². The van der Waals surface area contributed by atoms with E-state index in [1.54, 1.807) is 24.3 Å². The predicted molar refractivity (Wildman–Crippen MR) is 84.1 cm³/mol. The molecule has 1 amide bonds. The van der Waals surface area contributed by atoms with Gasteiger partial charge in [0.2, 0.25) is 0 Å². The Balaban J connectivity index is 1.97. The molecule has 0 atom stereocenters.